The number of aliphatic hydroxyl groups is 1. The van der Waals surface area contributed by atoms with Gasteiger partial charge in [-0.05, 0) is 49.4 Å². The molecule has 0 aromatic rings. The molecule has 0 saturated heterocycles. The minimum Gasteiger partial charge on any atom is -0.462 e. The molecule has 0 heterocycles. The predicted molar refractivity (Wildman–Crippen MR) is 395 cm³/mol. The molecule has 0 aliphatic heterocycles. The third kappa shape index (κ3) is 70.9. The Morgan fingerprint density at radius 3 is 0.732 bits per heavy atom. The Labute approximate surface area is 594 Å². The zero-order valence-electron chi connectivity index (χ0n) is 63.7. The molecular weight excluding hydrogens is 1270 g/mol. The number of hydrogen-bond acceptors (Lipinski definition) is 15. The molecular formula is C78H152O17P2. The Kier molecular flexibility index (Phi) is 65.9. The quantitative estimate of drug-likeness (QED) is 0.0222. The monoisotopic (exact) mass is 1420 g/mol. The van der Waals surface area contributed by atoms with Gasteiger partial charge in [-0.3, -0.25) is 37.3 Å². The van der Waals surface area contributed by atoms with Crippen molar-refractivity contribution >= 4 is 39.5 Å². The predicted octanol–water partition coefficient (Wildman–Crippen LogP) is 22.8. The fourth-order valence-corrected chi connectivity index (χ4v) is 13.5. The molecule has 0 aliphatic rings. The van der Waals surface area contributed by atoms with Crippen LogP contribution in [0.2, 0.25) is 0 Å². The average Bonchev–Trinajstić information content (AvgIpc) is 0.977. The summed E-state index contributed by atoms with van der Waals surface area (Å²) in [6.07, 6.45) is 52.9. The summed E-state index contributed by atoms with van der Waals surface area (Å²) in [6.45, 7) is 14.2. The molecule has 97 heavy (non-hydrogen) atoms. The molecule has 19 heteroatoms. The van der Waals surface area contributed by atoms with E-state index in [1.807, 2.05) is 0 Å². The number of aliphatic hydroxyl groups excluding tert-OH is 1. The van der Waals surface area contributed by atoms with Crippen molar-refractivity contribution in [1.29, 1.82) is 0 Å². The molecule has 576 valence electrons. The van der Waals surface area contributed by atoms with Crippen LogP contribution >= 0.6 is 15.6 Å². The first-order chi connectivity index (χ1) is 46.6. The highest BCUT2D eigenvalue weighted by Crippen LogP contribution is 2.45. The highest BCUT2D eigenvalue weighted by Gasteiger charge is 2.30. The average molecular weight is 1420 g/mol. The number of hydrogen-bond donors (Lipinski definition) is 3. The van der Waals surface area contributed by atoms with E-state index in [0.717, 1.165) is 108 Å². The van der Waals surface area contributed by atoms with Crippen LogP contribution in [0.1, 0.15) is 396 Å². The number of carbonyl (C=O) groups excluding carboxylic acids is 4. The molecule has 0 aliphatic carbocycles. The van der Waals surface area contributed by atoms with Crippen LogP contribution in [0.5, 0.6) is 0 Å². The zero-order chi connectivity index (χ0) is 71.7. The summed E-state index contributed by atoms with van der Waals surface area (Å²) < 4.78 is 68.5. The summed E-state index contributed by atoms with van der Waals surface area (Å²) in [6, 6.07) is 0. The second-order valence-corrected chi connectivity index (χ2v) is 32.7. The van der Waals surface area contributed by atoms with E-state index in [1.54, 1.807) is 0 Å². The van der Waals surface area contributed by atoms with Crippen LogP contribution in [0.3, 0.4) is 0 Å². The lowest BCUT2D eigenvalue weighted by atomic mass is 9.99. The third-order valence-electron chi connectivity index (χ3n) is 18.4. The SMILES string of the molecule is CCC(C)CCCCCCCCCCCCCCCCC(=O)OC[C@H](COP(=O)(O)OCC(O)COP(=O)(O)OC[C@@H](COC(=O)CCCCCCCCCC(C)C)OC(=O)CCCCCCCCCC(C)C)OC(=O)CCCCCCCCCCCCCCCCCCC(C)C. The van der Waals surface area contributed by atoms with E-state index in [0.29, 0.717) is 37.5 Å². The van der Waals surface area contributed by atoms with Gasteiger partial charge in [-0.1, -0.05) is 344 Å². The van der Waals surface area contributed by atoms with Gasteiger partial charge in [0.2, 0.25) is 0 Å². The largest absolute Gasteiger partial charge is 0.472 e. The first-order valence-electron chi connectivity index (χ1n) is 40.2. The molecule has 0 rings (SSSR count). The first kappa shape index (κ1) is 95.1. The maximum Gasteiger partial charge on any atom is 0.472 e. The summed E-state index contributed by atoms with van der Waals surface area (Å²) in [5.74, 6) is 0.938. The summed E-state index contributed by atoms with van der Waals surface area (Å²) in [5.41, 5.74) is 0. The van der Waals surface area contributed by atoms with E-state index in [1.165, 1.54) is 193 Å². The number of carbonyl (C=O) groups is 4. The molecule has 3 N–H and O–H groups in total. The molecule has 0 saturated carbocycles. The van der Waals surface area contributed by atoms with Crippen molar-refractivity contribution in [3.05, 3.63) is 0 Å². The Morgan fingerprint density at radius 1 is 0.289 bits per heavy atom. The van der Waals surface area contributed by atoms with Crippen LogP contribution in [0.15, 0.2) is 0 Å². The van der Waals surface area contributed by atoms with E-state index in [-0.39, 0.29) is 25.7 Å². The van der Waals surface area contributed by atoms with E-state index < -0.39 is 97.5 Å². The number of phosphoric ester groups is 2. The van der Waals surface area contributed by atoms with Crippen LogP contribution in [-0.2, 0) is 65.4 Å². The van der Waals surface area contributed by atoms with Crippen LogP contribution in [0.25, 0.3) is 0 Å². The summed E-state index contributed by atoms with van der Waals surface area (Å²) in [5, 5.41) is 10.6. The van der Waals surface area contributed by atoms with Gasteiger partial charge in [-0.15, -0.1) is 0 Å². The van der Waals surface area contributed by atoms with Crippen molar-refractivity contribution in [2.75, 3.05) is 39.6 Å². The summed E-state index contributed by atoms with van der Waals surface area (Å²) in [4.78, 5) is 72.8. The summed E-state index contributed by atoms with van der Waals surface area (Å²) >= 11 is 0. The lowest BCUT2D eigenvalue weighted by Crippen LogP contribution is -2.30. The highest BCUT2D eigenvalue weighted by molar-refractivity contribution is 7.47. The fourth-order valence-electron chi connectivity index (χ4n) is 11.9. The van der Waals surface area contributed by atoms with Gasteiger partial charge in [0, 0.05) is 25.7 Å². The number of unbranched alkanes of at least 4 members (excludes halogenated alkanes) is 40. The van der Waals surface area contributed by atoms with Gasteiger partial charge >= 0.3 is 39.5 Å². The Bertz CT molecular complexity index is 1900. The third-order valence-corrected chi connectivity index (χ3v) is 20.3. The first-order valence-corrected chi connectivity index (χ1v) is 43.2. The molecule has 0 radical (unpaired) electrons. The Hall–Kier alpha value is -1.94. The summed E-state index contributed by atoms with van der Waals surface area (Å²) in [7, 11) is -9.91. The van der Waals surface area contributed by atoms with Gasteiger partial charge in [-0.2, -0.15) is 0 Å². The standard InChI is InChI=1S/C78H152O17P2/c1-9-71(8)57-49-41-33-25-21-17-14-15-18-22-26-34-42-50-58-75(80)88-64-73(94-77(82)60-52-44-35-27-23-19-13-11-10-12-16-20-24-30-38-46-54-68(2)3)66-92-96(84,85)90-62-72(79)63-91-97(86,87)93-67-74(95-78(83)61-53-45-37-29-32-40-48-56-70(6)7)65-89-76(81)59-51-43-36-28-31-39-47-55-69(4)5/h68-74,79H,9-67H2,1-8H3,(H,84,85)(H,86,87)/t71?,72?,73-,74-/m1/s1. The lowest BCUT2D eigenvalue weighted by molar-refractivity contribution is -0.161. The van der Waals surface area contributed by atoms with Crippen molar-refractivity contribution in [2.24, 2.45) is 23.7 Å². The molecule has 17 nitrogen and oxygen atoms in total. The maximum absolute atomic E-state index is 13.1. The smallest absolute Gasteiger partial charge is 0.462 e. The van der Waals surface area contributed by atoms with Gasteiger partial charge in [-0.25, -0.2) is 9.13 Å². The van der Waals surface area contributed by atoms with Crippen LogP contribution in [0, 0.1) is 23.7 Å². The second-order valence-electron chi connectivity index (χ2n) is 29.8. The molecule has 0 bridgehead atoms. The van der Waals surface area contributed by atoms with Crippen LogP contribution < -0.4 is 0 Å². The topological polar surface area (TPSA) is 237 Å². The van der Waals surface area contributed by atoms with Gasteiger partial charge in [0.25, 0.3) is 0 Å². The number of rotatable bonds is 75. The van der Waals surface area contributed by atoms with Crippen molar-refractivity contribution in [3.8, 4) is 0 Å². The molecule has 0 fully saturated rings. The van der Waals surface area contributed by atoms with Crippen LogP contribution in [0.4, 0.5) is 0 Å². The van der Waals surface area contributed by atoms with Crippen molar-refractivity contribution < 1.29 is 80.2 Å². The Balaban J connectivity index is 5.22. The van der Waals surface area contributed by atoms with Crippen molar-refractivity contribution in [3.63, 3.8) is 0 Å². The molecule has 4 unspecified atom stereocenters. The second kappa shape index (κ2) is 67.2. The van der Waals surface area contributed by atoms with E-state index in [2.05, 4.69) is 55.4 Å². The van der Waals surface area contributed by atoms with E-state index >= 15 is 0 Å². The molecule has 0 aromatic carbocycles. The van der Waals surface area contributed by atoms with Gasteiger partial charge in [0.05, 0.1) is 26.4 Å². The molecule has 0 spiro atoms. The Morgan fingerprint density at radius 2 is 0.495 bits per heavy atom. The zero-order valence-corrected chi connectivity index (χ0v) is 65.5. The molecule has 0 aromatic heterocycles. The number of ether oxygens (including phenoxy) is 4. The van der Waals surface area contributed by atoms with E-state index in [9.17, 15) is 43.2 Å². The van der Waals surface area contributed by atoms with Gasteiger partial charge < -0.3 is 33.8 Å². The van der Waals surface area contributed by atoms with Gasteiger partial charge in [0.15, 0.2) is 12.2 Å². The minimum absolute atomic E-state index is 0.102. The lowest BCUT2D eigenvalue weighted by Gasteiger charge is -2.21. The molecule has 0 amide bonds. The van der Waals surface area contributed by atoms with Crippen molar-refractivity contribution in [1.82, 2.24) is 0 Å². The van der Waals surface area contributed by atoms with Gasteiger partial charge in [0.1, 0.15) is 19.3 Å². The maximum atomic E-state index is 13.1. The highest BCUT2D eigenvalue weighted by atomic mass is 31.2. The number of phosphoric acid groups is 2. The number of esters is 4. The van der Waals surface area contributed by atoms with E-state index in [4.69, 9.17) is 37.0 Å². The van der Waals surface area contributed by atoms with Crippen molar-refractivity contribution in [2.45, 2.75) is 414 Å². The fraction of sp³-hybridized carbons (Fsp3) is 0.949. The van der Waals surface area contributed by atoms with Crippen LogP contribution in [-0.4, -0.2) is 96.7 Å². The normalized spacial score (nSPS) is 14.4. The molecule has 6 atom stereocenters. The minimum atomic E-state index is -4.96.